The molecule has 0 spiro atoms. The van der Waals surface area contributed by atoms with Crippen molar-refractivity contribution in [3.05, 3.63) is 101 Å². The number of carbonyl (C=O) groups is 1. The zero-order valence-electron chi connectivity index (χ0n) is 19.0. The summed E-state index contributed by atoms with van der Waals surface area (Å²) in [7, 11) is 0. The van der Waals surface area contributed by atoms with E-state index >= 15 is 0 Å². The number of anilines is 1. The third-order valence-electron chi connectivity index (χ3n) is 5.76. The Labute approximate surface area is 194 Å². The molecule has 0 saturated heterocycles. The lowest BCUT2D eigenvalue weighted by molar-refractivity contribution is -0.115. The number of benzene rings is 4. The minimum atomic E-state index is -0.158. The summed E-state index contributed by atoms with van der Waals surface area (Å²) < 4.78 is 0. The molecule has 0 unspecified atom stereocenters. The van der Waals surface area contributed by atoms with E-state index in [9.17, 15) is 15.0 Å². The van der Waals surface area contributed by atoms with Gasteiger partial charge >= 0.3 is 0 Å². The number of nitrogens with one attached hydrogen (secondary N) is 1. The van der Waals surface area contributed by atoms with Crippen LogP contribution in [-0.4, -0.2) is 16.1 Å². The van der Waals surface area contributed by atoms with Crippen molar-refractivity contribution in [1.82, 2.24) is 0 Å². The predicted octanol–water partition coefficient (Wildman–Crippen LogP) is 6.54. The lowest BCUT2D eigenvalue weighted by Gasteiger charge is -2.13. The third-order valence-corrected chi connectivity index (χ3v) is 5.76. The molecule has 0 aromatic heterocycles. The quantitative estimate of drug-likeness (QED) is 0.311. The van der Waals surface area contributed by atoms with Gasteiger partial charge in [0, 0.05) is 5.69 Å². The van der Waals surface area contributed by atoms with Crippen molar-refractivity contribution in [2.75, 3.05) is 5.32 Å². The molecule has 0 aliphatic carbocycles. The molecule has 4 aromatic rings. The van der Waals surface area contributed by atoms with Crippen LogP contribution in [-0.2, 0) is 11.2 Å². The van der Waals surface area contributed by atoms with E-state index in [0.717, 1.165) is 27.9 Å². The molecule has 0 bridgehead atoms. The molecule has 33 heavy (non-hydrogen) atoms. The molecule has 0 radical (unpaired) electrons. The van der Waals surface area contributed by atoms with E-state index in [2.05, 4.69) is 38.2 Å². The highest BCUT2D eigenvalue weighted by Crippen LogP contribution is 2.31. The number of phenolic OH excluding ortho intramolecular Hbond substituents is 2. The Kier molecular flexibility index (Phi) is 6.18. The van der Waals surface area contributed by atoms with Gasteiger partial charge < -0.3 is 15.5 Å². The van der Waals surface area contributed by atoms with Crippen LogP contribution in [0, 0.1) is 20.8 Å². The van der Waals surface area contributed by atoms with Gasteiger partial charge in [-0.1, -0.05) is 60.2 Å². The zero-order valence-corrected chi connectivity index (χ0v) is 19.0. The van der Waals surface area contributed by atoms with Gasteiger partial charge in [-0.05, 0) is 84.0 Å². The average Bonchev–Trinajstić information content (AvgIpc) is 2.77. The second kappa shape index (κ2) is 9.21. The van der Waals surface area contributed by atoms with E-state index in [1.165, 1.54) is 34.4 Å². The standard InChI is InChI=1S/C29H27NO3/c1-18-14-19(2)29(20(3)15-18)23-8-11-25(12-9-23)30-28(33)16-21-4-6-22(7-5-21)24-10-13-26(31)27(32)17-24/h4-15,17,31-32H,16H2,1-3H3,(H,30,33). The van der Waals surface area contributed by atoms with Crippen molar-refractivity contribution in [3.63, 3.8) is 0 Å². The van der Waals surface area contributed by atoms with Gasteiger partial charge in [0.1, 0.15) is 0 Å². The lowest BCUT2D eigenvalue weighted by atomic mass is 9.94. The van der Waals surface area contributed by atoms with Crippen molar-refractivity contribution in [2.24, 2.45) is 0 Å². The first-order valence-electron chi connectivity index (χ1n) is 10.9. The topological polar surface area (TPSA) is 69.6 Å². The highest BCUT2D eigenvalue weighted by Gasteiger charge is 2.09. The van der Waals surface area contributed by atoms with Gasteiger partial charge in [-0.2, -0.15) is 0 Å². The minimum absolute atomic E-state index is 0.0829. The van der Waals surface area contributed by atoms with Crippen LogP contribution in [0.4, 0.5) is 5.69 Å². The van der Waals surface area contributed by atoms with Crippen molar-refractivity contribution < 1.29 is 15.0 Å². The van der Waals surface area contributed by atoms with Gasteiger partial charge in [0.2, 0.25) is 5.91 Å². The summed E-state index contributed by atoms with van der Waals surface area (Å²) in [6.45, 7) is 6.36. The van der Waals surface area contributed by atoms with E-state index in [4.69, 9.17) is 0 Å². The van der Waals surface area contributed by atoms with Crippen LogP contribution in [0.1, 0.15) is 22.3 Å². The first-order chi connectivity index (χ1) is 15.8. The maximum absolute atomic E-state index is 12.5. The molecule has 0 fully saturated rings. The summed E-state index contributed by atoms with van der Waals surface area (Å²) in [5, 5.41) is 22.1. The normalized spacial score (nSPS) is 10.8. The second-order valence-electron chi connectivity index (χ2n) is 8.48. The fourth-order valence-corrected chi connectivity index (χ4v) is 4.26. The summed E-state index contributed by atoms with van der Waals surface area (Å²) in [5.74, 6) is -0.389. The molecule has 1 amide bonds. The van der Waals surface area contributed by atoms with Crippen LogP contribution in [0.5, 0.6) is 11.5 Å². The molecule has 0 aliphatic rings. The molecule has 166 valence electrons. The van der Waals surface area contributed by atoms with Gasteiger partial charge in [-0.15, -0.1) is 0 Å². The van der Waals surface area contributed by atoms with E-state index in [1.807, 2.05) is 48.5 Å². The number of amides is 1. The van der Waals surface area contributed by atoms with E-state index in [1.54, 1.807) is 6.07 Å². The number of hydrogen-bond donors (Lipinski definition) is 3. The van der Waals surface area contributed by atoms with E-state index in [0.29, 0.717) is 0 Å². The van der Waals surface area contributed by atoms with Crippen LogP contribution in [0.2, 0.25) is 0 Å². The maximum Gasteiger partial charge on any atom is 0.228 e. The monoisotopic (exact) mass is 437 g/mol. The van der Waals surface area contributed by atoms with Gasteiger partial charge in [-0.3, -0.25) is 4.79 Å². The Bertz CT molecular complexity index is 1280. The molecule has 4 nitrogen and oxygen atoms in total. The minimum Gasteiger partial charge on any atom is -0.504 e. The number of aromatic hydroxyl groups is 2. The number of carbonyl (C=O) groups excluding carboxylic acids is 1. The van der Waals surface area contributed by atoms with Gasteiger partial charge in [0.05, 0.1) is 6.42 Å². The third kappa shape index (κ3) is 5.07. The Morgan fingerprint density at radius 2 is 1.27 bits per heavy atom. The summed E-state index contributed by atoms with van der Waals surface area (Å²) >= 11 is 0. The van der Waals surface area contributed by atoms with Gasteiger partial charge in [0.15, 0.2) is 11.5 Å². The molecule has 4 heteroatoms. The second-order valence-corrected chi connectivity index (χ2v) is 8.48. The van der Waals surface area contributed by atoms with Crippen molar-refractivity contribution >= 4 is 11.6 Å². The van der Waals surface area contributed by atoms with Crippen LogP contribution in [0.25, 0.3) is 22.3 Å². The molecule has 4 rings (SSSR count). The van der Waals surface area contributed by atoms with Crippen molar-refractivity contribution in [1.29, 1.82) is 0 Å². The summed E-state index contributed by atoms with van der Waals surface area (Å²) in [4.78, 5) is 12.5. The number of hydrogen-bond acceptors (Lipinski definition) is 3. The Morgan fingerprint density at radius 3 is 1.88 bits per heavy atom. The molecular weight excluding hydrogens is 410 g/mol. The first kappa shape index (κ1) is 22.2. The summed E-state index contributed by atoms with van der Waals surface area (Å²) in [6.07, 6.45) is 0.263. The fourth-order valence-electron chi connectivity index (χ4n) is 4.26. The average molecular weight is 438 g/mol. The van der Waals surface area contributed by atoms with E-state index in [-0.39, 0.29) is 23.8 Å². The molecule has 3 N–H and O–H groups in total. The summed E-state index contributed by atoms with van der Waals surface area (Å²) in [5.41, 5.74) is 9.47. The fraction of sp³-hybridized carbons (Fsp3) is 0.138. The van der Waals surface area contributed by atoms with Gasteiger partial charge in [-0.25, -0.2) is 0 Å². The largest absolute Gasteiger partial charge is 0.504 e. The van der Waals surface area contributed by atoms with Crippen LogP contribution < -0.4 is 5.32 Å². The molecule has 0 aliphatic heterocycles. The number of rotatable bonds is 5. The molecular formula is C29H27NO3. The Morgan fingerprint density at radius 1 is 0.697 bits per heavy atom. The van der Waals surface area contributed by atoms with Crippen molar-refractivity contribution in [3.8, 4) is 33.8 Å². The zero-order chi connectivity index (χ0) is 23.5. The maximum atomic E-state index is 12.5. The molecule has 0 atom stereocenters. The first-order valence-corrected chi connectivity index (χ1v) is 10.9. The number of phenols is 2. The highest BCUT2D eigenvalue weighted by atomic mass is 16.3. The smallest absolute Gasteiger partial charge is 0.228 e. The van der Waals surface area contributed by atoms with E-state index < -0.39 is 0 Å². The van der Waals surface area contributed by atoms with Crippen molar-refractivity contribution in [2.45, 2.75) is 27.2 Å². The molecule has 0 saturated carbocycles. The number of aryl methyl sites for hydroxylation is 3. The Hall–Kier alpha value is -4.05. The van der Waals surface area contributed by atoms with Crippen LogP contribution in [0.15, 0.2) is 78.9 Å². The molecule has 0 heterocycles. The van der Waals surface area contributed by atoms with Crippen LogP contribution >= 0.6 is 0 Å². The lowest BCUT2D eigenvalue weighted by Crippen LogP contribution is -2.14. The SMILES string of the molecule is Cc1cc(C)c(-c2ccc(NC(=O)Cc3ccc(-c4ccc(O)c(O)c4)cc3)cc2)c(C)c1. The summed E-state index contributed by atoms with van der Waals surface area (Å²) in [6, 6.07) is 24.6. The predicted molar refractivity (Wildman–Crippen MR) is 134 cm³/mol. The van der Waals surface area contributed by atoms with Gasteiger partial charge in [0.25, 0.3) is 0 Å². The highest BCUT2D eigenvalue weighted by molar-refractivity contribution is 5.92. The Balaban J connectivity index is 1.41. The molecule has 4 aromatic carbocycles. The van der Waals surface area contributed by atoms with Crippen LogP contribution in [0.3, 0.4) is 0 Å².